The Morgan fingerprint density at radius 1 is 1.17 bits per heavy atom. The summed E-state index contributed by atoms with van der Waals surface area (Å²) in [6, 6.07) is 15.5. The van der Waals surface area contributed by atoms with E-state index in [1.807, 2.05) is 18.2 Å². The molecule has 0 fully saturated rings. The molecule has 0 aliphatic rings. The summed E-state index contributed by atoms with van der Waals surface area (Å²) in [4.78, 5) is 13.8. The molecule has 0 bridgehead atoms. The van der Waals surface area contributed by atoms with Crippen molar-refractivity contribution in [2.24, 2.45) is 0 Å². The smallest absolute Gasteiger partial charge is 0.230 e. The maximum Gasteiger partial charge on any atom is 0.230 e. The summed E-state index contributed by atoms with van der Waals surface area (Å²) in [5.41, 5.74) is 3.56. The van der Waals surface area contributed by atoms with Crippen molar-refractivity contribution in [2.75, 3.05) is 12.4 Å². The van der Waals surface area contributed by atoms with Crippen LogP contribution >= 0.6 is 0 Å². The molecule has 0 atom stereocenters. The molecule has 1 N–H and O–H groups in total. The van der Waals surface area contributed by atoms with Gasteiger partial charge in [-0.3, -0.25) is 4.79 Å². The zero-order chi connectivity index (χ0) is 21.7. The van der Waals surface area contributed by atoms with Crippen molar-refractivity contribution >= 4 is 11.7 Å². The third-order valence-corrected chi connectivity index (χ3v) is 4.70. The van der Waals surface area contributed by atoms with Crippen molar-refractivity contribution < 1.29 is 9.53 Å². The number of ether oxygens (including phenoxy) is 1. The summed E-state index contributed by atoms with van der Waals surface area (Å²) in [5, 5.41) is 20.5. The van der Waals surface area contributed by atoms with Crippen LogP contribution in [0.4, 0.5) is 5.82 Å². The van der Waals surface area contributed by atoms with Crippen LogP contribution in [0.2, 0.25) is 0 Å². The normalized spacial score (nSPS) is 11.0. The molecule has 30 heavy (non-hydrogen) atoms. The lowest BCUT2D eigenvalue weighted by Gasteiger charge is -2.19. The zero-order valence-electron chi connectivity index (χ0n) is 17.6. The highest BCUT2D eigenvalue weighted by atomic mass is 16.5. The Balaban J connectivity index is 1.60. The lowest BCUT2D eigenvalue weighted by Crippen LogP contribution is -2.16. The van der Waals surface area contributed by atoms with Gasteiger partial charge in [0.05, 0.1) is 31.8 Å². The van der Waals surface area contributed by atoms with Crippen LogP contribution in [-0.2, 0) is 23.2 Å². The van der Waals surface area contributed by atoms with E-state index in [-0.39, 0.29) is 17.7 Å². The molecule has 3 aromatic rings. The second-order valence-corrected chi connectivity index (χ2v) is 8.08. The average Bonchev–Trinajstić information content (AvgIpc) is 3.14. The second kappa shape index (κ2) is 8.78. The lowest BCUT2D eigenvalue weighted by molar-refractivity contribution is -0.115. The van der Waals surface area contributed by atoms with E-state index in [0.29, 0.717) is 23.7 Å². The van der Waals surface area contributed by atoms with Gasteiger partial charge in [-0.25, -0.2) is 0 Å². The standard InChI is InChI=1S/C23H25N5O2/c1-23(2,3)19-8-5-16(6-9-19)12-22(29)26-21-14-25-28(27-21)15-17-7-10-20(30-4)18(11-17)13-24/h5-11,14H,12,15H2,1-4H3,(H,26,27,29). The summed E-state index contributed by atoms with van der Waals surface area (Å²) in [6.07, 6.45) is 1.77. The number of nitriles is 1. The van der Waals surface area contributed by atoms with Gasteiger partial charge >= 0.3 is 0 Å². The predicted octanol–water partition coefficient (Wildman–Crippen LogP) is 3.69. The van der Waals surface area contributed by atoms with E-state index in [0.717, 1.165) is 11.1 Å². The minimum absolute atomic E-state index is 0.0805. The fourth-order valence-corrected chi connectivity index (χ4v) is 3.03. The van der Waals surface area contributed by atoms with Gasteiger partial charge in [-0.1, -0.05) is 51.1 Å². The Kier molecular flexibility index (Phi) is 6.17. The number of hydrogen-bond donors (Lipinski definition) is 1. The van der Waals surface area contributed by atoms with Crippen LogP contribution in [0, 0.1) is 11.3 Å². The molecule has 0 radical (unpaired) electrons. The number of methoxy groups -OCH3 is 1. The Morgan fingerprint density at radius 2 is 1.87 bits per heavy atom. The number of anilines is 1. The topological polar surface area (TPSA) is 92.8 Å². The van der Waals surface area contributed by atoms with E-state index in [1.165, 1.54) is 23.7 Å². The van der Waals surface area contributed by atoms with E-state index in [2.05, 4.69) is 54.5 Å². The highest BCUT2D eigenvalue weighted by molar-refractivity contribution is 5.91. The number of carbonyl (C=O) groups excluding carboxylic acids is 1. The highest BCUT2D eigenvalue weighted by Gasteiger charge is 2.14. The van der Waals surface area contributed by atoms with Crippen molar-refractivity contribution in [3.8, 4) is 11.8 Å². The molecule has 0 saturated carbocycles. The van der Waals surface area contributed by atoms with Gasteiger partial charge in [-0.15, -0.1) is 5.10 Å². The van der Waals surface area contributed by atoms with E-state index < -0.39 is 0 Å². The Bertz CT molecular complexity index is 1070. The van der Waals surface area contributed by atoms with Crippen LogP contribution in [0.5, 0.6) is 5.75 Å². The Hall–Kier alpha value is -3.66. The van der Waals surface area contributed by atoms with Gasteiger partial charge in [0, 0.05) is 0 Å². The predicted molar refractivity (Wildman–Crippen MR) is 114 cm³/mol. The largest absolute Gasteiger partial charge is 0.495 e. The lowest BCUT2D eigenvalue weighted by atomic mass is 9.86. The molecule has 0 unspecified atom stereocenters. The third kappa shape index (κ3) is 5.23. The molecule has 1 aromatic heterocycles. The maximum absolute atomic E-state index is 12.3. The van der Waals surface area contributed by atoms with Crippen molar-refractivity contribution in [2.45, 2.75) is 39.2 Å². The first kappa shape index (κ1) is 21.1. The van der Waals surface area contributed by atoms with Crippen LogP contribution in [0.25, 0.3) is 0 Å². The molecule has 1 heterocycles. The van der Waals surface area contributed by atoms with Gasteiger partial charge in [0.1, 0.15) is 11.8 Å². The van der Waals surface area contributed by atoms with Gasteiger partial charge in [0.15, 0.2) is 5.82 Å². The number of nitrogens with one attached hydrogen (secondary N) is 1. The van der Waals surface area contributed by atoms with Gasteiger partial charge in [-0.05, 0) is 34.2 Å². The summed E-state index contributed by atoms with van der Waals surface area (Å²) in [6.45, 7) is 6.85. The summed E-state index contributed by atoms with van der Waals surface area (Å²) >= 11 is 0. The molecule has 1 amide bonds. The molecular weight excluding hydrogens is 378 g/mol. The van der Waals surface area contributed by atoms with Crippen molar-refractivity contribution in [1.29, 1.82) is 5.26 Å². The molecule has 0 aliphatic carbocycles. The van der Waals surface area contributed by atoms with Crippen molar-refractivity contribution in [3.05, 3.63) is 70.9 Å². The highest BCUT2D eigenvalue weighted by Crippen LogP contribution is 2.22. The monoisotopic (exact) mass is 403 g/mol. The third-order valence-electron chi connectivity index (χ3n) is 4.70. The SMILES string of the molecule is COc1ccc(Cn2ncc(NC(=O)Cc3ccc(C(C)(C)C)cc3)n2)cc1C#N. The van der Waals surface area contributed by atoms with E-state index in [1.54, 1.807) is 12.1 Å². The molecule has 2 aromatic carbocycles. The molecule has 0 aliphatic heterocycles. The Morgan fingerprint density at radius 3 is 2.50 bits per heavy atom. The Labute approximate surface area is 176 Å². The fraction of sp³-hybridized carbons (Fsp3) is 0.304. The average molecular weight is 403 g/mol. The molecule has 0 spiro atoms. The first-order chi connectivity index (χ1) is 14.3. The summed E-state index contributed by atoms with van der Waals surface area (Å²) < 4.78 is 5.15. The quantitative estimate of drug-likeness (QED) is 0.678. The number of nitrogens with zero attached hydrogens (tertiary/aromatic N) is 4. The van der Waals surface area contributed by atoms with Gasteiger partial charge in [0.25, 0.3) is 0 Å². The number of hydrogen-bond acceptors (Lipinski definition) is 5. The van der Waals surface area contributed by atoms with Crippen LogP contribution in [-0.4, -0.2) is 28.0 Å². The van der Waals surface area contributed by atoms with Crippen LogP contribution in [0.15, 0.2) is 48.7 Å². The first-order valence-electron chi connectivity index (χ1n) is 9.65. The van der Waals surface area contributed by atoms with Gasteiger partial charge < -0.3 is 10.1 Å². The molecule has 3 rings (SSSR count). The van der Waals surface area contributed by atoms with E-state index in [4.69, 9.17) is 4.74 Å². The first-order valence-corrected chi connectivity index (χ1v) is 9.65. The van der Waals surface area contributed by atoms with Gasteiger partial charge in [0.2, 0.25) is 5.91 Å². The molecule has 7 heteroatoms. The van der Waals surface area contributed by atoms with E-state index in [9.17, 15) is 10.1 Å². The van der Waals surface area contributed by atoms with Gasteiger partial charge in [-0.2, -0.15) is 15.2 Å². The van der Waals surface area contributed by atoms with Crippen molar-refractivity contribution in [1.82, 2.24) is 15.0 Å². The summed E-state index contributed by atoms with van der Waals surface area (Å²) in [7, 11) is 1.53. The minimum atomic E-state index is -0.151. The van der Waals surface area contributed by atoms with Crippen LogP contribution in [0.3, 0.4) is 0 Å². The fourth-order valence-electron chi connectivity index (χ4n) is 3.03. The number of benzene rings is 2. The second-order valence-electron chi connectivity index (χ2n) is 8.08. The molecule has 154 valence electrons. The molecule has 0 saturated heterocycles. The summed E-state index contributed by atoms with van der Waals surface area (Å²) in [5.74, 6) is 0.764. The van der Waals surface area contributed by atoms with Crippen LogP contribution < -0.4 is 10.1 Å². The maximum atomic E-state index is 12.3. The van der Waals surface area contributed by atoms with Crippen molar-refractivity contribution in [3.63, 3.8) is 0 Å². The zero-order valence-corrected chi connectivity index (χ0v) is 17.6. The number of aromatic nitrogens is 3. The number of rotatable bonds is 6. The molecular formula is C23H25N5O2. The van der Waals surface area contributed by atoms with E-state index >= 15 is 0 Å². The number of amides is 1. The van der Waals surface area contributed by atoms with Crippen LogP contribution in [0.1, 0.15) is 43.0 Å². The molecule has 7 nitrogen and oxygen atoms in total. The number of carbonyl (C=O) groups is 1. The minimum Gasteiger partial charge on any atom is -0.495 e.